The van der Waals surface area contributed by atoms with Crippen molar-refractivity contribution in [1.29, 1.82) is 0 Å². The Hall–Kier alpha value is -1.83. The molecule has 0 bridgehead atoms. The van der Waals surface area contributed by atoms with Gasteiger partial charge in [0.1, 0.15) is 6.04 Å². The van der Waals surface area contributed by atoms with Crippen molar-refractivity contribution in [3.05, 3.63) is 54.1 Å². The van der Waals surface area contributed by atoms with Crippen LogP contribution in [0, 0.1) is 12.8 Å². The van der Waals surface area contributed by atoms with Gasteiger partial charge in [-0.2, -0.15) is 4.72 Å². The van der Waals surface area contributed by atoms with Crippen LogP contribution in [0.15, 0.2) is 58.3 Å². The molecule has 0 saturated carbocycles. The number of amides is 1. The lowest BCUT2D eigenvalue weighted by Crippen LogP contribution is -2.47. The van der Waals surface area contributed by atoms with Gasteiger partial charge in [-0.25, -0.2) is 8.42 Å². The van der Waals surface area contributed by atoms with Gasteiger partial charge in [0.2, 0.25) is 15.9 Å². The zero-order valence-electron chi connectivity index (χ0n) is 15.3. The smallest absolute Gasteiger partial charge is 0.242 e. The number of nitrogens with one attached hydrogen (secondary N) is 2. The van der Waals surface area contributed by atoms with Crippen LogP contribution < -0.4 is 10.0 Å². The standard InChI is InChI=1S/C19H24N2O3S2/c1-13(2)18(19(22)20-15-6-5-7-16(12-15)25-4)21-26(23,24)17-10-8-14(3)9-11-17/h5-13,18,21H,1-4H3,(H,20,22)/t18-/m0/s1. The highest BCUT2D eigenvalue weighted by Gasteiger charge is 2.28. The summed E-state index contributed by atoms with van der Waals surface area (Å²) in [5.74, 6) is -0.590. The Morgan fingerprint density at radius 1 is 1.08 bits per heavy atom. The number of aryl methyl sites for hydroxylation is 1. The van der Waals surface area contributed by atoms with Gasteiger partial charge < -0.3 is 5.32 Å². The summed E-state index contributed by atoms with van der Waals surface area (Å²) in [4.78, 5) is 13.8. The minimum atomic E-state index is -3.79. The second-order valence-corrected chi connectivity index (χ2v) is 8.97. The van der Waals surface area contributed by atoms with E-state index in [4.69, 9.17) is 0 Å². The van der Waals surface area contributed by atoms with Crippen molar-refractivity contribution in [3.8, 4) is 0 Å². The maximum Gasteiger partial charge on any atom is 0.242 e. The first-order chi connectivity index (χ1) is 12.2. The molecule has 2 aromatic carbocycles. The second kappa shape index (κ2) is 8.70. The molecule has 0 aromatic heterocycles. The van der Waals surface area contributed by atoms with Crippen molar-refractivity contribution in [1.82, 2.24) is 4.72 Å². The van der Waals surface area contributed by atoms with Gasteiger partial charge in [-0.3, -0.25) is 4.79 Å². The van der Waals surface area contributed by atoms with Gasteiger partial charge in [-0.15, -0.1) is 11.8 Å². The first kappa shape index (κ1) is 20.5. The van der Waals surface area contributed by atoms with Crippen molar-refractivity contribution < 1.29 is 13.2 Å². The molecule has 1 atom stereocenters. The Morgan fingerprint density at radius 3 is 2.31 bits per heavy atom. The molecule has 7 heteroatoms. The zero-order chi connectivity index (χ0) is 19.3. The van der Waals surface area contributed by atoms with Crippen LogP contribution in [-0.4, -0.2) is 26.6 Å². The van der Waals surface area contributed by atoms with Gasteiger partial charge in [0, 0.05) is 10.6 Å². The van der Waals surface area contributed by atoms with Crippen LogP contribution in [0.1, 0.15) is 19.4 Å². The Balaban J connectivity index is 2.19. The summed E-state index contributed by atoms with van der Waals surface area (Å²) in [5, 5.41) is 2.80. The molecule has 2 aromatic rings. The summed E-state index contributed by atoms with van der Waals surface area (Å²) in [6.07, 6.45) is 1.95. The fourth-order valence-electron chi connectivity index (χ4n) is 2.37. The van der Waals surface area contributed by atoms with Gasteiger partial charge in [0.15, 0.2) is 0 Å². The molecule has 0 radical (unpaired) electrons. The predicted molar refractivity (Wildman–Crippen MR) is 107 cm³/mol. The predicted octanol–water partition coefficient (Wildman–Crippen LogP) is 3.66. The summed E-state index contributed by atoms with van der Waals surface area (Å²) in [6, 6.07) is 13.1. The maximum absolute atomic E-state index is 12.7. The SMILES string of the molecule is CSc1cccc(NC(=O)[C@@H](NS(=O)(=O)c2ccc(C)cc2)C(C)C)c1. The third-order valence-electron chi connectivity index (χ3n) is 3.90. The summed E-state index contributed by atoms with van der Waals surface area (Å²) < 4.78 is 27.8. The van der Waals surface area contributed by atoms with Crippen LogP contribution >= 0.6 is 11.8 Å². The molecule has 0 heterocycles. The maximum atomic E-state index is 12.7. The molecule has 0 fully saturated rings. The van der Waals surface area contributed by atoms with E-state index in [9.17, 15) is 13.2 Å². The normalized spacial score (nSPS) is 12.8. The van der Waals surface area contributed by atoms with Gasteiger partial charge in [-0.1, -0.05) is 37.6 Å². The molecule has 140 valence electrons. The van der Waals surface area contributed by atoms with Crippen molar-refractivity contribution in [2.24, 2.45) is 5.92 Å². The summed E-state index contributed by atoms with van der Waals surface area (Å²) in [5.41, 5.74) is 1.61. The Bertz CT molecular complexity index is 863. The van der Waals surface area contributed by atoms with Gasteiger partial charge in [0.25, 0.3) is 0 Å². The number of hydrogen-bond acceptors (Lipinski definition) is 4. The van der Waals surface area contributed by atoms with Crippen molar-refractivity contribution >= 4 is 33.4 Å². The number of carbonyl (C=O) groups is 1. The van der Waals surface area contributed by atoms with E-state index in [1.165, 1.54) is 12.1 Å². The van der Waals surface area contributed by atoms with E-state index >= 15 is 0 Å². The second-order valence-electron chi connectivity index (χ2n) is 6.38. The largest absolute Gasteiger partial charge is 0.325 e. The first-order valence-corrected chi connectivity index (χ1v) is 11.0. The summed E-state index contributed by atoms with van der Waals surface area (Å²) in [7, 11) is -3.79. The first-order valence-electron chi connectivity index (χ1n) is 8.27. The Morgan fingerprint density at radius 2 is 1.73 bits per heavy atom. The zero-order valence-corrected chi connectivity index (χ0v) is 16.9. The van der Waals surface area contributed by atoms with Gasteiger partial charge in [0.05, 0.1) is 4.90 Å². The number of sulfonamides is 1. The van der Waals surface area contributed by atoms with E-state index in [1.807, 2.05) is 31.4 Å². The average Bonchev–Trinajstić information content (AvgIpc) is 2.60. The molecule has 0 aliphatic heterocycles. The number of anilines is 1. The number of rotatable bonds is 7. The lowest BCUT2D eigenvalue weighted by Gasteiger charge is -2.22. The monoisotopic (exact) mass is 392 g/mol. The van der Waals surface area contributed by atoms with Crippen LogP contribution in [0.25, 0.3) is 0 Å². The van der Waals surface area contributed by atoms with Gasteiger partial charge in [-0.05, 0) is 49.4 Å². The fraction of sp³-hybridized carbons (Fsp3) is 0.316. The van der Waals surface area contributed by atoms with Crippen LogP contribution in [0.4, 0.5) is 5.69 Å². The highest BCUT2D eigenvalue weighted by atomic mass is 32.2. The quantitative estimate of drug-likeness (QED) is 0.705. The molecular weight excluding hydrogens is 368 g/mol. The lowest BCUT2D eigenvalue weighted by molar-refractivity contribution is -0.118. The van der Waals surface area contributed by atoms with E-state index in [1.54, 1.807) is 43.8 Å². The number of benzene rings is 2. The van der Waals surface area contributed by atoms with Crippen molar-refractivity contribution in [3.63, 3.8) is 0 Å². The van der Waals surface area contributed by atoms with Crippen molar-refractivity contribution in [2.75, 3.05) is 11.6 Å². The highest BCUT2D eigenvalue weighted by Crippen LogP contribution is 2.20. The van der Waals surface area contributed by atoms with Crippen LogP contribution in [0.2, 0.25) is 0 Å². The molecule has 0 aliphatic rings. The number of carbonyl (C=O) groups excluding carboxylic acids is 1. The lowest BCUT2D eigenvalue weighted by atomic mass is 10.0. The molecule has 0 spiro atoms. The molecule has 2 N–H and O–H groups in total. The minimum Gasteiger partial charge on any atom is -0.325 e. The average molecular weight is 393 g/mol. The van der Waals surface area contributed by atoms with Gasteiger partial charge >= 0.3 is 0 Å². The molecule has 1 amide bonds. The Labute approximate surface area is 159 Å². The van der Waals surface area contributed by atoms with Crippen LogP contribution in [-0.2, 0) is 14.8 Å². The van der Waals surface area contributed by atoms with Crippen LogP contribution in [0.3, 0.4) is 0 Å². The highest BCUT2D eigenvalue weighted by molar-refractivity contribution is 7.98. The molecule has 26 heavy (non-hydrogen) atoms. The van der Waals surface area contributed by atoms with E-state index < -0.39 is 16.1 Å². The minimum absolute atomic E-state index is 0.144. The molecule has 0 saturated heterocycles. The fourth-order valence-corrected chi connectivity index (χ4v) is 4.17. The number of thioether (sulfide) groups is 1. The molecule has 0 aliphatic carbocycles. The summed E-state index contributed by atoms with van der Waals surface area (Å²) >= 11 is 1.57. The molecule has 2 rings (SSSR count). The van der Waals surface area contributed by atoms with E-state index in [2.05, 4.69) is 10.0 Å². The van der Waals surface area contributed by atoms with E-state index in [-0.39, 0.29) is 16.7 Å². The molecular formula is C19H24N2O3S2. The van der Waals surface area contributed by atoms with E-state index in [0.29, 0.717) is 5.69 Å². The number of hydrogen-bond donors (Lipinski definition) is 2. The van der Waals surface area contributed by atoms with E-state index in [0.717, 1.165) is 10.5 Å². The van der Waals surface area contributed by atoms with Crippen molar-refractivity contribution in [2.45, 2.75) is 36.6 Å². The van der Waals surface area contributed by atoms with Crippen LogP contribution in [0.5, 0.6) is 0 Å². The Kier molecular flexibility index (Phi) is 6.86. The molecule has 5 nitrogen and oxygen atoms in total. The summed E-state index contributed by atoms with van der Waals surface area (Å²) in [6.45, 7) is 5.50. The molecule has 0 unspecified atom stereocenters. The topological polar surface area (TPSA) is 75.3 Å². The third kappa shape index (κ3) is 5.33. The third-order valence-corrected chi connectivity index (χ3v) is 6.08.